The smallest absolute Gasteiger partial charge is 0.115 e. The van der Waals surface area contributed by atoms with Crippen LogP contribution in [-0.2, 0) is 4.74 Å². The van der Waals surface area contributed by atoms with Crippen LogP contribution in [0.1, 0.15) is 13.3 Å². The number of hydrogen-bond donors (Lipinski definition) is 0. The fourth-order valence-corrected chi connectivity index (χ4v) is 1.76. The summed E-state index contributed by atoms with van der Waals surface area (Å²) in [6.07, 6.45) is 2.46. The first kappa shape index (κ1) is 9.55. The third-order valence-corrected chi connectivity index (χ3v) is 2.99. The van der Waals surface area contributed by atoms with Crippen LogP contribution in [0, 0.1) is 0 Å². The van der Waals surface area contributed by atoms with Gasteiger partial charge in [0, 0.05) is 5.31 Å². The van der Waals surface area contributed by atoms with Gasteiger partial charge in [-0.2, -0.15) is 0 Å². The van der Waals surface area contributed by atoms with E-state index in [0.29, 0.717) is 0 Å². The second-order valence-electron chi connectivity index (χ2n) is 1.43. The van der Waals surface area contributed by atoms with E-state index in [9.17, 15) is 0 Å². The molecule has 0 saturated carbocycles. The number of hydrogen-bond acceptors (Lipinski definition) is 1. The highest BCUT2D eigenvalue weighted by Gasteiger charge is 2.04. The largest absolute Gasteiger partial charge is 0.504 e. The highest BCUT2D eigenvalue weighted by Crippen LogP contribution is 2.55. The van der Waals surface area contributed by atoms with E-state index in [1.807, 2.05) is 6.92 Å². The number of allylic oxidation sites excluding steroid dienone is 1. The first-order valence-electron chi connectivity index (χ1n) is 2.55. The standard InChI is InChI=1S/C5H9Cl2OP/c1-3-5(4-8-2)9(6)7/h4H,3H2,1-2H3/b5-4-. The lowest BCUT2D eigenvalue weighted by atomic mass is 10.5. The van der Waals surface area contributed by atoms with E-state index in [2.05, 4.69) is 0 Å². The molecule has 0 amide bonds. The van der Waals surface area contributed by atoms with Crippen molar-refractivity contribution in [2.24, 2.45) is 0 Å². The van der Waals surface area contributed by atoms with Gasteiger partial charge >= 0.3 is 0 Å². The number of methoxy groups -OCH3 is 1. The lowest BCUT2D eigenvalue weighted by Gasteiger charge is -2.01. The Hall–Kier alpha value is 0.550. The first-order valence-corrected chi connectivity index (χ1v) is 5.71. The van der Waals surface area contributed by atoms with Gasteiger partial charge in [-0.05, 0) is 6.42 Å². The summed E-state index contributed by atoms with van der Waals surface area (Å²) in [4.78, 5) is 0. The van der Waals surface area contributed by atoms with Crippen LogP contribution in [0.2, 0.25) is 0 Å². The van der Waals surface area contributed by atoms with Crippen molar-refractivity contribution in [1.82, 2.24) is 0 Å². The third-order valence-electron chi connectivity index (χ3n) is 0.833. The summed E-state index contributed by atoms with van der Waals surface area (Å²) in [5.41, 5.74) is 0. The fourth-order valence-electron chi connectivity index (χ4n) is 0.379. The van der Waals surface area contributed by atoms with Crippen molar-refractivity contribution in [3.63, 3.8) is 0 Å². The molecule has 9 heavy (non-hydrogen) atoms. The molecule has 0 aliphatic rings. The van der Waals surface area contributed by atoms with Crippen molar-refractivity contribution in [2.75, 3.05) is 7.11 Å². The molecule has 0 aliphatic heterocycles. The Morgan fingerprint density at radius 2 is 2.22 bits per heavy atom. The summed E-state index contributed by atoms with van der Waals surface area (Å²) in [7, 11) is 1.59. The Balaban J connectivity index is 3.81. The summed E-state index contributed by atoms with van der Waals surface area (Å²) in [6, 6.07) is 0. The number of ether oxygens (including phenoxy) is 1. The quantitative estimate of drug-likeness (QED) is 0.483. The minimum Gasteiger partial charge on any atom is -0.504 e. The topological polar surface area (TPSA) is 9.23 Å². The number of rotatable bonds is 3. The number of halogens is 2. The molecule has 0 aromatic rings. The highest BCUT2D eigenvalue weighted by atomic mass is 35.9. The summed E-state index contributed by atoms with van der Waals surface area (Å²) < 4.78 is 4.74. The molecule has 1 nitrogen and oxygen atoms in total. The van der Waals surface area contributed by atoms with Gasteiger partial charge in [0.25, 0.3) is 0 Å². The van der Waals surface area contributed by atoms with Crippen molar-refractivity contribution in [2.45, 2.75) is 13.3 Å². The van der Waals surface area contributed by atoms with Crippen molar-refractivity contribution in [3.8, 4) is 0 Å². The monoisotopic (exact) mass is 186 g/mol. The zero-order valence-electron chi connectivity index (χ0n) is 5.40. The summed E-state index contributed by atoms with van der Waals surface area (Å²) in [5, 5.41) is 0.968. The third kappa shape index (κ3) is 4.02. The van der Waals surface area contributed by atoms with Crippen LogP contribution in [0.4, 0.5) is 0 Å². The average molecular weight is 187 g/mol. The normalized spacial score (nSPS) is 12.3. The van der Waals surface area contributed by atoms with E-state index in [1.54, 1.807) is 13.4 Å². The molecule has 0 radical (unpaired) electrons. The molecule has 0 bridgehead atoms. The van der Waals surface area contributed by atoms with Gasteiger partial charge in [-0.1, -0.05) is 29.4 Å². The molecule has 0 N–H and O–H groups in total. The van der Waals surface area contributed by atoms with E-state index in [4.69, 9.17) is 27.2 Å². The van der Waals surface area contributed by atoms with E-state index in [-0.39, 0.29) is 0 Å². The maximum absolute atomic E-state index is 5.60. The van der Waals surface area contributed by atoms with Crippen LogP contribution in [0.5, 0.6) is 0 Å². The first-order chi connectivity index (χ1) is 4.22. The van der Waals surface area contributed by atoms with Gasteiger partial charge in [0.05, 0.1) is 13.4 Å². The van der Waals surface area contributed by atoms with Crippen LogP contribution in [0.15, 0.2) is 11.6 Å². The molecule has 4 heteroatoms. The van der Waals surface area contributed by atoms with E-state index in [1.165, 1.54) is 0 Å². The molecule has 0 rings (SSSR count). The molecule has 0 unspecified atom stereocenters. The van der Waals surface area contributed by atoms with Gasteiger partial charge in [0.1, 0.15) is 6.63 Å². The molecule has 0 saturated heterocycles. The Bertz CT molecular complexity index is 103. The Morgan fingerprint density at radius 3 is 2.33 bits per heavy atom. The maximum Gasteiger partial charge on any atom is 0.115 e. The van der Waals surface area contributed by atoms with Crippen LogP contribution in [-0.4, -0.2) is 7.11 Å². The second-order valence-corrected chi connectivity index (χ2v) is 5.02. The molecule has 0 atom stereocenters. The Morgan fingerprint density at radius 1 is 1.67 bits per heavy atom. The second kappa shape index (κ2) is 5.34. The lowest BCUT2D eigenvalue weighted by molar-refractivity contribution is 0.335. The summed E-state index contributed by atoms with van der Waals surface area (Å²) in [6.45, 7) is 1.00. The Kier molecular flexibility index (Phi) is 5.67. The molecule has 0 fully saturated rings. The van der Waals surface area contributed by atoms with Gasteiger partial charge in [-0.3, -0.25) is 0 Å². The van der Waals surface area contributed by atoms with Crippen molar-refractivity contribution in [3.05, 3.63) is 11.6 Å². The highest BCUT2D eigenvalue weighted by molar-refractivity contribution is 8.06. The average Bonchev–Trinajstić information content (AvgIpc) is 1.82. The minimum atomic E-state index is -0.989. The lowest BCUT2D eigenvalue weighted by Crippen LogP contribution is -1.73. The van der Waals surface area contributed by atoms with Gasteiger partial charge in [-0.25, -0.2) is 0 Å². The molecule has 0 aromatic carbocycles. The van der Waals surface area contributed by atoms with Gasteiger partial charge < -0.3 is 4.74 Å². The molecular formula is C5H9Cl2OP. The molecule has 54 valence electrons. The summed E-state index contributed by atoms with van der Waals surface area (Å²) in [5.74, 6) is 0. The molecule has 0 aliphatic carbocycles. The van der Waals surface area contributed by atoms with Gasteiger partial charge in [-0.15, -0.1) is 0 Å². The Labute approximate surface area is 66.3 Å². The molecule has 0 aromatic heterocycles. The van der Waals surface area contributed by atoms with E-state index in [0.717, 1.165) is 11.7 Å². The van der Waals surface area contributed by atoms with Crippen LogP contribution in [0.3, 0.4) is 0 Å². The predicted octanol–water partition coefficient (Wildman–Crippen LogP) is 3.67. The van der Waals surface area contributed by atoms with Crippen LogP contribution < -0.4 is 0 Å². The van der Waals surface area contributed by atoms with Crippen molar-refractivity contribution in [1.29, 1.82) is 0 Å². The fraction of sp³-hybridized carbons (Fsp3) is 0.600. The van der Waals surface area contributed by atoms with Crippen molar-refractivity contribution >= 4 is 29.1 Å². The molecule has 0 spiro atoms. The maximum atomic E-state index is 5.60. The molecule has 0 heterocycles. The van der Waals surface area contributed by atoms with Gasteiger partial charge in [0.15, 0.2) is 0 Å². The van der Waals surface area contributed by atoms with Gasteiger partial charge in [0.2, 0.25) is 0 Å². The predicted molar refractivity (Wildman–Crippen MR) is 44.0 cm³/mol. The SMILES string of the molecule is CC/C(=C/OC)P(Cl)Cl. The van der Waals surface area contributed by atoms with E-state index >= 15 is 0 Å². The van der Waals surface area contributed by atoms with Crippen LogP contribution in [0.25, 0.3) is 0 Å². The zero-order chi connectivity index (χ0) is 7.28. The molecular weight excluding hydrogens is 178 g/mol. The zero-order valence-corrected chi connectivity index (χ0v) is 7.80. The summed E-state index contributed by atoms with van der Waals surface area (Å²) >= 11 is 11.2. The minimum absolute atomic E-state index is 0.854. The van der Waals surface area contributed by atoms with Crippen LogP contribution >= 0.6 is 29.1 Å². The van der Waals surface area contributed by atoms with E-state index < -0.39 is 6.63 Å². The van der Waals surface area contributed by atoms with Crippen molar-refractivity contribution < 1.29 is 4.74 Å².